The largest absolute Gasteiger partial charge is 0.355 e. The molecule has 0 bridgehead atoms. The van der Waals surface area contributed by atoms with E-state index in [1.807, 2.05) is 0 Å². The van der Waals surface area contributed by atoms with Crippen molar-refractivity contribution < 1.29 is 17.9 Å². The molecule has 0 aromatic heterocycles. The van der Waals surface area contributed by atoms with Crippen molar-refractivity contribution in [1.82, 2.24) is 0 Å². The van der Waals surface area contributed by atoms with Crippen LogP contribution >= 0.6 is 12.6 Å². The van der Waals surface area contributed by atoms with Crippen molar-refractivity contribution in [3.8, 4) is 0 Å². The zero-order valence-corrected chi connectivity index (χ0v) is 7.61. The summed E-state index contributed by atoms with van der Waals surface area (Å²) in [6, 6.07) is 0. The third kappa shape index (κ3) is 9.96. The Morgan fingerprint density at radius 3 is 2.64 bits per heavy atom. The number of hydrogen-bond donors (Lipinski definition) is 1. The van der Waals surface area contributed by atoms with E-state index in [0.717, 1.165) is 5.37 Å². The zero-order valence-electron chi connectivity index (χ0n) is 5.89. The standard InChI is InChI=1S/C5H10O4S2/c6-11(7)4-2-9-5-8-1-3-10/h4,10H,1-3,5H2. The summed E-state index contributed by atoms with van der Waals surface area (Å²) in [4.78, 5) is 0. The lowest BCUT2D eigenvalue weighted by atomic mass is 10.8. The third-order valence-corrected chi connectivity index (χ3v) is 1.32. The van der Waals surface area contributed by atoms with Crippen molar-refractivity contribution in [2.24, 2.45) is 0 Å². The maximum absolute atomic E-state index is 9.90. The average Bonchev–Trinajstić information content (AvgIpc) is 1.96. The second-order valence-electron chi connectivity index (χ2n) is 1.55. The minimum atomic E-state index is -2.14. The molecule has 0 aliphatic heterocycles. The molecule has 0 aliphatic rings. The maximum atomic E-state index is 9.90. The molecule has 0 N–H and O–H groups in total. The fraction of sp³-hybridized carbons (Fsp3) is 0.800. The van der Waals surface area contributed by atoms with Crippen LogP contribution in [0.5, 0.6) is 0 Å². The second kappa shape index (κ2) is 8.06. The fourth-order valence-corrected chi connectivity index (χ4v) is 0.671. The molecule has 0 saturated carbocycles. The number of ether oxygens (including phenoxy) is 2. The molecule has 0 aromatic rings. The van der Waals surface area contributed by atoms with Crippen molar-refractivity contribution in [2.75, 3.05) is 25.8 Å². The van der Waals surface area contributed by atoms with Crippen LogP contribution in [0, 0.1) is 0 Å². The molecular weight excluding hydrogens is 188 g/mol. The summed E-state index contributed by atoms with van der Waals surface area (Å²) in [5, 5.41) is 1.02. The molecule has 0 spiro atoms. The van der Waals surface area contributed by atoms with Gasteiger partial charge in [0, 0.05) is 5.75 Å². The molecule has 0 saturated heterocycles. The normalized spacial score (nSPS) is 9.55. The van der Waals surface area contributed by atoms with E-state index in [9.17, 15) is 8.42 Å². The molecule has 0 rings (SSSR count). The summed E-state index contributed by atoms with van der Waals surface area (Å²) in [5.41, 5.74) is 0. The lowest BCUT2D eigenvalue weighted by Gasteiger charge is -1.99. The Balaban J connectivity index is 3.09. The first kappa shape index (κ1) is 11.0. The molecule has 0 aromatic carbocycles. The van der Waals surface area contributed by atoms with E-state index in [1.54, 1.807) is 0 Å². The second-order valence-corrected chi connectivity index (χ2v) is 2.85. The van der Waals surface area contributed by atoms with Crippen LogP contribution in [0.1, 0.15) is 0 Å². The quantitative estimate of drug-likeness (QED) is 0.273. The highest BCUT2D eigenvalue weighted by molar-refractivity contribution is 7.80. The van der Waals surface area contributed by atoms with E-state index >= 15 is 0 Å². The van der Waals surface area contributed by atoms with Gasteiger partial charge in [0.2, 0.25) is 10.3 Å². The monoisotopic (exact) mass is 198 g/mol. The molecule has 4 nitrogen and oxygen atoms in total. The van der Waals surface area contributed by atoms with Gasteiger partial charge in [-0.1, -0.05) is 0 Å². The van der Waals surface area contributed by atoms with Crippen LogP contribution in [0.4, 0.5) is 0 Å². The summed E-state index contributed by atoms with van der Waals surface area (Å²) in [6.07, 6.45) is 0. The van der Waals surface area contributed by atoms with Gasteiger partial charge in [0.05, 0.1) is 18.6 Å². The number of thiol groups is 1. The van der Waals surface area contributed by atoms with E-state index in [1.165, 1.54) is 0 Å². The first-order valence-electron chi connectivity index (χ1n) is 2.95. The van der Waals surface area contributed by atoms with Gasteiger partial charge < -0.3 is 9.47 Å². The Bertz CT molecular complexity index is 189. The SMILES string of the molecule is O=S(=O)=CCOCOCCS. The van der Waals surface area contributed by atoms with E-state index in [-0.39, 0.29) is 13.4 Å². The first-order chi connectivity index (χ1) is 5.27. The summed E-state index contributed by atoms with van der Waals surface area (Å²) < 4.78 is 29.4. The van der Waals surface area contributed by atoms with Gasteiger partial charge in [0.15, 0.2) is 0 Å². The lowest BCUT2D eigenvalue weighted by molar-refractivity contribution is -0.0330. The minimum absolute atomic E-state index is 0.0582. The first-order valence-corrected chi connectivity index (χ1v) is 4.72. The Hall–Kier alpha value is -0.0400. The topological polar surface area (TPSA) is 52.6 Å². The summed E-state index contributed by atoms with van der Waals surface area (Å²) in [6.45, 7) is 0.667. The maximum Gasteiger partial charge on any atom is 0.212 e. The van der Waals surface area contributed by atoms with Crippen molar-refractivity contribution in [2.45, 2.75) is 0 Å². The highest BCUT2D eigenvalue weighted by atomic mass is 32.2. The van der Waals surface area contributed by atoms with Gasteiger partial charge in [-0.3, -0.25) is 0 Å². The Labute approximate surface area is 72.4 Å². The van der Waals surface area contributed by atoms with Crippen molar-refractivity contribution in [3.05, 3.63) is 0 Å². The van der Waals surface area contributed by atoms with Crippen molar-refractivity contribution in [1.29, 1.82) is 0 Å². The van der Waals surface area contributed by atoms with E-state index in [4.69, 9.17) is 9.47 Å². The molecule has 66 valence electrons. The van der Waals surface area contributed by atoms with Crippen LogP contribution < -0.4 is 0 Å². The molecule has 6 heteroatoms. The van der Waals surface area contributed by atoms with E-state index in [2.05, 4.69) is 12.6 Å². The van der Waals surface area contributed by atoms with Gasteiger partial charge in [-0.25, -0.2) is 0 Å². The Morgan fingerprint density at radius 2 is 2.09 bits per heavy atom. The summed E-state index contributed by atoms with van der Waals surface area (Å²) in [5.74, 6) is 0.626. The highest BCUT2D eigenvalue weighted by Crippen LogP contribution is 1.78. The van der Waals surface area contributed by atoms with Gasteiger partial charge in [0.25, 0.3) is 0 Å². The Morgan fingerprint density at radius 1 is 1.36 bits per heavy atom. The molecule has 0 radical (unpaired) electrons. The smallest absolute Gasteiger partial charge is 0.212 e. The average molecular weight is 198 g/mol. The molecule has 0 aliphatic carbocycles. The lowest BCUT2D eigenvalue weighted by Crippen LogP contribution is -2.04. The predicted molar refractivity (Wildman–Crippen MR) is 45.6 cm³/mol. The minimum Gasteiger partial charge on any atom is -0.355 e. The molecule has 0 fully saturated rings. The molecular formula is C5H10O4S2. The van der Waals surface area contributed by atoms with Gasteiger partial charge in [0.1, 0.15) is 6.79 Å². The predicted octanol–water partition coefficient (Wildman–Crippen LogP) is -0.412. The van der Waals surface area contributed by atoms with E-state index < -0.39 is 10.3 Å². The molecule has 11 heavy (non-hydrogen) atoms. The summed E-state index contributed by atoms with van der Waals surface area (Å²) >= 11 is 3.89. The fourth-order valence-electron chi connectivity index (χ4n) is 0.334. The van der Waals surface area contributed by atoms with Crippen molar-refractivity contribution in [3.63, 3.8) is 0 Å². The van der Waals surface area contributed by atoms with Gasteiger partial charge in [-0.15, -0.1) is 0 Å². The Kier molecular flexibility index (Phi) is 8.03. The van der Waals surface area contributed by atoms with Gasteiger partial charge in [-0.05, 0) is 0 Å². The summed E-state index contributed by atoms with van der Waals surface area (Å²) in [7, 11) is -2.14. The van der Waals surface area contributed by atoms with Crippen LogP contribution in [0.15, 0.2) is 0 Å². The highest BCUT2D eigenvalue weighted by Gasteiger charge is 1.84. The van der Waals surface area contributed by atoms with Crippen LogP contribution in [0.25, 0.3) is 0 Å². The van der Waals surface area contributed by atoms with Crippen LogP contribution in [0.2, 0.25) is 0 Å². The molecule has 0 amide bonds. The van der Waals surface area contributed by atoms with E-state index in [0.29, 0.717) is 12.4 Å². The van der Waals surface area contributed by atoms with Gasteiger partial charge in [-0.2, -0.15) is 21.0 Å². The van der Waals surface area contributed by atoms with Crippen LogP contribution in [0.3, 0.4) is 0 Å². The molecule has 0 heterocycles. The number of hydrogen-bond acceptors (Lipinski definition) is 5. The van der Waals surface area contributed by atoms with Crippen LogP contribution in [-0.2, 0) is 19.8 Å². The van der Waals surface area contributed by atoms with Gasteiger partial charge >= 0.3 is 0 Å². The van der Waals surface area contributed by atoms with Crippen LogP contribution in [-0.4, -0.2) is 39.5 Å². The molecule has 0 atom stereocenters. The van der Waals surface area contributed by atoms with Crippen molar-refractivity contribution >= 4 is 28.3 Å². The molecule has 0 unspecified atom stereocenters. The number of rotatable bonds is 6. The zero-order chi connectivity index (χ0) is 8.53. The third-order valence-electron chi connectivity index (χ3n) is 0.724.